The fraction of sp³-hybridized carbons (Fsp3) is 0. The fourth-order valence-corrected chi connectivity index (χ4v) is 0.845. The number of benzene rings is 1. The molecule has 0 bridgehead atoms. The van der Waals surface area contributed by atoms with Crippen LogP contribution in [0.25, 0.3) is 0 Å². The maximum Gasteiger partial charge on any atom is 1.00 e. The van der Waals surface area contributed by atoms with Crippen LogP contribution in [0.3, 0.4) is 0 Å². The molecule has 0 heterocycles. The number of rotatable bonds is 0. The van der Waals surface area contributed by atoms with E-state index >= 15 is 0 Å². The van der Waals surface area contributed by atoms with Crippen LogP contribution in [0, 0.1) is 0 Å². The van der Waals surface area contributed by atoms with Gasteiger partial charge in [0.15, 0.2) is 0 Å². The first-order valence-electron chi connectivity index (χ1n) is 2.21. The molecule has 0 radical (unpaired) electrons. The van der Waals surface area contributed by atoms with E-state index in [2.05, 4.69) is 15.9 Å². The maximum atomic E-state index is 10.5. The smallest absolute Gasteiger partial charge is 0.872 e. The number of hydrogen-bond acceptors (Lipinski definition) is 1. The predicted octanol–water partition coefficient (Wildman–Crippen LogP) is -1.47. The van der Waals surface area contributed by atoms with Gasteiger partial charge in [0.05, 0.1) is 0 Å². The van der Waals surface area contributed by atoms with Gasteiger partial charge in [-0.2, -0.15) is 0 Å². The van der Waals surface area contributed by atoms with E-state index < -0.39 is 0 Å². The van der Waals surface area contributed by atoms with Crippen molar-refractivity contribution in [2.24, 2.45) is 0 Å². The van der Waals surface area contributed by atoms with E-state index in [-0.39, 0.29) is 24.6 Å². The third-order valence-electron chi connectivity index (χ3n) is 0.796. The molecular formula is C6H4BrLiO. The van der Waals surface area contributed by atoms with Gasteiger partial charge in [0.2, 0.25) is 0 Å². The van der Waals surface area contributed by atoms with Crippen LogP contribution in [-0.2, 0) is 0 Å². The van der Waals surface area contributed by atoms with Gasteiger partial charge in [-0.25, -0.2) is 0 Å². The van der Waals surface area contributed by atoms with Crippen LogP contribution in [0.15, 0.2) is 28.7 Å². The van der Waals surface area contributed by atoms with Crippen LogP contribution in [0.2, 0.25) is 0 Å². The quantitative estimate of drug-likeness (QED) is 0.445. The Kier molecular flexibility index (Phi) is 4.04. The molecule has 0 saturated heterocycles. The van der Waals surface area contributed by atoms with Crippen molar-refractivity contribution in [1.82, 2.24) is 0 Å². The Morgan fingerprint density at radius 3 is 2.33 bits per heavy atom. The van der Waals surface area contributed by atoms with E-state index in [0.29, 0.717) is 0 Å². The summed E-state index contributed by atoms with van der Waals surface area (Å²) >= 11 is 3.16. The molecule has 0 fully saturated rings. The third kappa shape index (κ3) is 2.95. The topological polar surface area (TPSA) is 23.1 Å². The van der Waals surface area contributed by atoms with Crippen LogP contribution in [-0.4, -0.2) is 0 Å². The zero-order valence-electron chi connectivity index (χ0n) is 5.10. The predicted molar refractivity (Wildman–Crippen MR) is 33.6 cm³/mol. The van der Waals surface area contributed by atoms with Gasteiger partial charge >= 0.3 is 18.9 Å². The molecule has 9 heavy (non-hydrogen) atoms. The molecule has 1 nitrogen and oxygen atoms in total. The summed E-state index contributed by atoms with van der Waals surface area (Å²) < 4.78 is 0.838. The summed E-state index contributed by atoms with van der Waals surface area (Å²) in [6, 6.07) is 6.58. The Balaban J connectivity index is 0.000000640. The minimum Gasteiger partial charge on any atom is -0.872 e. The number of halogens is 1. The molecule has 0 aliphatic carbocycles. The second kappa shape index (κ2) is 4.00. The molecule has 1 aromatic carbocycles. The Labute approximate surface area is 74.4 Å². The van der Waals surface area contributed by atoms with Crippen LogP contribution >= 0.6 is 15.9 Å². The summed E-state index contributed by atoms with van der Waals surface area (Å²) in [5.41, 5.74) is 0. The van der Waals surface area contributed by atoms with E-state index in [1.807, 2.05) is 6.07 Å². The summed E-state index contributed by atoms with van der Waals surface area (Å²) in [6.45, 7) is 0. The molecule has 0 atom stereocenters. The molecule has 1 rings (SSSR count). The van der Waals surface area contributed by atoms with Crippen LogP contribution < -0.4 is 24.0 Å². The Morgan fingerprint density at radius 2 is 2.00 bits per heavy atom. The zero-order valence-corrected chi connectivity index (χ0v) is 6.68. The molecule has 42 valence electrons. The monoisotopic (exact) mass is 178 g/mol. The maximum absolute atomic E-state index is 10.5. The zero-order chi connectivity index (χ0) is 5.98. The van der Waals surface area contributed by atoms with Crippen molar-refractivity contribution in [3.63, 3.8) is 0 Å². The van der Waals surface area contributed by atoms with Crippen molar-refractivity contribution in [2.45, 2.75) is 0 Å². The summed E-state index contributed by atoms with van der Waals surface area (Å²) in [4.78, 5) is 0. The molecule has 0 unspecified atom stereocenters. The largest absolute Gasteiger partial charge is 1.00 e. The summed E-state index contributed by atoms with van der Waals surface area (Å²) in [7, 11) is 0. The summed E-state index contributed by atoms with van der Waals surface area (Å²) in [5, 5.41) is 10.5. The Hall–Kier alpha value is 0.0974. The summed E-state index contributed by atoms with van der Waals surface area (Å²) in [5.74, 6) is 0.0411. The molecule has 0 saturated carbocycles. The Bertz CT molecular complexity index is 173. The van der Waals surface area contributed by atoms with Crippen molar-refractivity contribution in [2.75, 3.05) is 0 Å². The first-order chi connectivity index (χ1) is 3.79. The molecule has 1 aromatic rings. The molecule has 0 N–H and O–H groups in total. The van der Waals surface area contributed by atoms with Crippen molar-refractivity contribution in [3.05, 3.63) is 28.7 Å². The van der Waals surface area contributed by atoms with E-state index in [9.17, 15) is 5.11 Å². The van der Waals surface area contributed by atoms with E-state index in [4.69, 9.17) is 0 Å². The molecular weight excluding hydrogens is 175 g/mol. The van der Waals surface area contributed by atoms with Crippen molar-refractivity contribution < 1.29 is 24.0 Å². The summed E-state index contributed by atoms with van der Waals surface area (Å²) in [6.07, 6.45) is 0. The van der Waals surface area contributed by atoms with Crippen molar-refractivity contribution in [1.29, 1.82) is 0 Å². The average molecular weight is 179 g/mol. The second-order valence-corrected chi connectivity index (χ2v) is 2.37. The van der Waals surface area contributed by atoms with E-state index in [1.165, 1.54) is 12.1 Å². The van der Waals surface area contributed by atoms with Gasteiger partial charge in [0, 0.05) is 4.47 Å². The van der Waals surface area contributed by atoms with Crippen molar-refractivity contribution >= 4 is 15.9 Å². The van der Waals surface area contributed by atoms with E-state index in [0.717, 1.165) is 4.47 Å². The average Bonchev–Trinajstić information content (AvgIpc) is 1.64. The SMILES string of the molecule is [Li+].[O-]c1cccc(Br)c1. The minimum atomic E-state index is 0. The molecule has 0 aromatic heterocycles. The molecule has 0 aliphatic rings. The van der Waals surface area contributed by atoms with E-state index in [1.54, 1.807) is 6.07 Å². The standard InChI is InChI=1S/C6H5BrO.Li/c7-5-2-1-3-6(8)4-5;/h1-4,8H;/q;+1/p-1. The first kappa shape index (κ1) is 9.10. The minimum absolute atomic E-state index is 0. The van der Waals surface area contributed by atoms with Gasteiger partial charge in [0.25, 0.3) is 0 Å². The molecule has 0 amide bonds. The van der Waals surface area contributed by atoms with Gasteiger partial charge in [-0.1, -0.05) is 34.1 Å². The molecule has 0 aliphatic heterocycles. The van der Waals surface area contributed by atoms with Gasteiger partial charge in [-0.05, 0) is 6.07 Å². The molecule has 0 spiro atoms. The van der Waals surface area contributed by atoms with Gasteiger partial charge in [-0.3, -0.25) is 0 Å². The fourth-order valence-electron chi connectivity index (χ4n) is 0.467. The second-order valence-electron chi connectivity index (χ2n) is 1.46. The van der Waals surface area contributed by atoms with Crippen LogP contribution in [0.1, 0.15) is 0 Å². The van der Waals surface area contributed by atoms with Crippen LogP contribution in [0.5, 0.6) is 5.75 Å². The van der Waals surface area contributed by atoms with Crippen LogP contribution in [0.4, 0.5) is 0 Å². The van der Waals surface area contributed by atoms with Gasteiger partial charge in [0.1, 0.15) is 0 Å². The molecule has 3 heteroatoms. The van der Waals surface area contributed by atoms with Gasteiger partial charge < -0.3 is 5.11 Å². The third-order valence-corrected chi connectivity index (χ3v) is 1.29. The van der Waals surface area contributed by atoms with Crippen molar-refractivity contribution in [3.8, 4) is 5.75 Å². The first-order valence-corrected chi connectivity index (χ1v) is 3.01. The normalized spacial score (nSPS) is 8.11. The number of hydrogen-bond donors (Lipinski definition) is 0. The Morgan fingerprint density at radius 1 is 1.33 bits per heavy atom. The van der Waals surface area contributed by atoms with Gasteiger partial charge in [-0.15, -0.1) is 5.75 Å².